The second-order valence-corrected chi connectivity index (χ2v) is 17.1. The summed E-state index contributed by atoms with van der Waals surface area (Å²) < 4.78 is 5.08. The van der Waals surface area contributed by atoms with E-state index in [2.05, 4.69) is 132 Å². The van der Waals surface area contributed by atoms with Crippen LogP contribution in [0, 0.1) is 39.5 Å². The zero-order chi connectivity index (χ0) is 36.5. The van der Waals surface area contributed by atoms with Crippen molar-refractivity contribution in [3.05, 3.63) is 107 Å². The number of rotatable bonds is 7. The fourth-order valence-corrected chi connectivity index (χ4v) is 10.4. The lowest BCUT2D eigenvalue weighted by Crippen LogP contribution is -3.14. The summed E-state index contributed by atoms with van der Waals surface area (Å²) in [5, 5.41) is 8.05. The molecule has 4 N–H and O–H groups in total. The molecule has 0 atom stereocenters. The van der Waals surface area contributed by atoms with Crippen molar-refractivity contribution in [1.29, 1.82) is 0 Å². The number of nitrogens with zero attached hydrogens (tertiary/aromatic N) is 2. The Balaban J connectivity index is 0.767. The molecule has 0 aliphatic carbocycles. The molecule has 0 saturated carbocycles. The minimum absolute atomic E-state index is 0.910. The van der Waals surface area contributed by atoms with Gasteiger partial charge in [-0.1, -0.05) is 24.3 Å². The molecule has 0 spiro atoms. The SMILES string of the molecule is Cc1cc2[nH]c3c(c[n+](CC[NH+]4CCC(C5CC[NH+](CC[n+]6cc7c8cc(C)c(C)cc8[nH]c7c7ccccc76)CC5)CC4)c4ccccc34)c2cc1C. The largest absolute Gasteiger partial charge is 0.354 e. The van der Waals surface area contributed by atoms with Gasteiger partial charge >= 0.3 is 0 Å². The first-order chi connectivity index (χ1) is 26.4. The van der Waals surface area contributed by atoms with Gasteiger partial charge in [-0.3, -0.25) is 0 Å². The van der Waals surface area contributed by atoms with Gasteiger partial charge in [-0.2, -0.15) is 9.13 Å². The van der Waals surface area contributed by atoms with Crippen molar-refractivity contribution in [2.45, 2.75) is 66.5 Å². The molecule has 0 bridgehead atoms. The van der Waals surface area contributed by atoms with Gasteiger partial charge < -0.3 is 19.8 Å². The number of H-pyrrole nitrogens is 2. The molecule has 6 heterocycles. The Morgan fingerprint density at radius 1 is 0.500 bits per heavy atom. The molecule has 0 radical (unpaired) electrons. The van der Waals surface area contributed by atoms with Crippen LogP contribution in [0.4, 0.5) is 0 Å². The first kappa shape index (κ1) is 33.8. The summed E-state index contributed by atoms with van der Waals surface area (Å²) in [7, 11) is 0. The maximum Gasteiger partial charge on any atom is 0.214 e. The summed E-state index contributed by atoms with van der Waals surface area (Å²) in [5.74, 6) is 1.82. The van der Waals surface area contributed by atoms with Gasteiger partial charge in [0.15, 0.2) is 25.5 Å². The van der Waals surface area contributed by atoms with Gasteiger partial charge in [0.25, 0.3) is 0 Å². The van der Waals surface area contributed by atoms with Gasteiger partial charge in [0.1, 0.15) is 13.1 Å². The summed E-state index contributed by atoms with van der Waals surface area (Å²) >= 11 is 0. The number of aryl methyl sites for hydroxylation is 4. The van der Waals surface area contributed by atoms with Crippen LogP contribution in [0.3, 0.4) is 0 Å². The van der Waals surface area contributed by atoms with Crippen molar-refractivity contribution in [3.63, 3.8) is 0 Å². The molecular weight excluding hydrogens is 661 g/mol. The van der Waals surface area contributed by atoms with Crippen LogP contribution in [-0.2, 0) is 13.1 Å². The number of likely N-dealkylation sites (tertiary alicyclic amines) is 2. The zero-order valence-electron chi connectivity index (χ0n) is 32.6. The van der Waals surface area contributed by atoms with E-state index in [1.54, 1.807) is 9.80 Å². The molecule has 2 saturated heterocycles. The molecule has 4 aromatic carbocycles. The van der Waals surface area contributed by atoms with Gasteiger partial charge in [-0.05, 0) is 124 Å². The maximum absolute atomic E-state index is 3.77. The number of piperidine rings is 2. The van der Waals surface area contributed by atoms with Crippen LogP contribution in [0.1, 0.15) is 47.9 Å². The minimum atomic E-state index is 0.910. The highest BCUT2D eigenvalue weighted by atomic mass is 15.2. The quantitative estimate of drug-likeness (QED) is 0.139. The van der Waals surface area contributed by atoms with Gasteiger partial charge in [0.05, 0.1) is 58.8 Å². The molecule has 10 rings (SSSR count). The fourth-order valence-electron chi connectivity index (χ4n) is 10.4. The fraction of sp³-hybridized carbons (Fsp3) is 0.375. The third-order valence-electron chi connectivity index (χ3n) is 14.0. The lowest BCUT2D eigenvalue weighted by atomic mass is 9.79. The van der Waals surface area contributed by atoms with Gasteiger partial charge in [-0.15, -0.1) is 0 Å². The van der Waals surface area contributed by atoms with E-state index in [9.17, 15) is 0 Å². The molecule has 6 nitrogen and oxygen atoms in total. The summed E-state index contributed by atoms with van der Waals surface area (Å²) in [6, 6.07) is 27.3. The Morgan fingerprint density at radius 3 is 1.31 bits per heavy atom. The molecule has 2 aliphatic rings. The molecule has 0 amide bonds. The number of para-hydroxylation sites is 2. The van der Waals surface area contributed by atoms with Crippen LogP contribution in [0.15, 0.2) is 85.2 Å². The second kappa shape index (κ2) is 13.5. The Morgan fingerprint density at radius 2 is 0.889 bits per heavy atom. The zero-order valence-corrected chi connectivity index (χ0v) is 32.6. The van der Waals surface area contributed by atoms with Crippen molar-refractivity contribution in [2.24, 2.45) is 11.8 Å². The standard InChI is InChI=1S/C48H52N6/c1-31-25-39-41-29-53(45-11-7-5-9-37(45)47(41)49-43(39)27-33(31)3)23-21-51-17-13-35(14-18-51)36-15-19-52(20-16-36)22-24-54-30-42-40-26-32(2)34(4)28-44(40)50-48(42)38-10-6-8-12-46(38)54/h5-12,25-30,35-36H,13-24H2,1-4H3/p+4. The van der Waals surface area contributed by atoms with E-state index in [-0.39, 0.29) is 0 Å². The van der Waals surface area contributed by atoms with Crippen molar-refractivity contribution < 1.29 is 18.9 Å². The second-order valence-electron chi connectivity index (χ2n) is 17.1. The van der Waals surface area contributed by atoms with Crippen LogP contribution in [0.2, 0.25) is 0 Å². The molecule has 274 valence electrons. The number of quaternary nitrogens is 2. The topological polar surface area (TPSA) is 48.2 Å². The van der Waals surface area contributed by atoms with E-state index < -0.39 is 0 Å². The number of nitrogens with one attached hydrogen (secondary N) is 4. The number of fused-ring (bicyclic) bond motifs is 10. The van der Waals surface area contributed by atoms with Crippen LogP contribution in [0.25, 0.3) is 65.4 Å². The summed E-state index contributed by atoms with van der Waals surface area (Å²) in [6.45, 7) is 18.7. The van der Waals surface area contributed by atoms with E-state index in [1.807, 2.05) is 0 Å². The Labute approximate surface area is 318 Å². The predicted molar refractivity (Wildman–Crippen MR) is 223 cm³/mol. The third kappa shape index (κ3) is 5.86. The Kier molecular flexibility index (Phi) is 8.45. The van der Waals surface area contributed by atoms with E-state index in [0.717, 1.165) is 24.9 Å². The van der Waals surface area contributed by atoms with Crippen molar-refractivity contribution in [1.82, 2.24) is 9.97 Å². The molecule has 4 aromatic heterocycles. The lowest BCUT2D eigenvalue weighted by Gasteiger charge is -2.37. The van der Waals surface area contributed by atoms with Gasteiger partial charge in [-0.25, -0.2) is 0 Å². The molecule has 2 fully saturated rings. The van der Waals surface area contributed by atoms with Crippen molar-refractivity contribution in [2.75, 3.05) is 39.3 Å². The minimum Gasteiger partial charge on any atom is -0.354 e. The predicted octanol–water partition coefficient (Wildman–Crippen LogP) is 6.36. The first-order valence-electron chi connectivity index (χ1n) is 20.7. The molecule has 0 unspecified atom stereocenters. The number of aromatic nitrogens is 4. The van der Waals surface area contributed by atoms with Crippen LogP contribution < -0.4 is 18.9 Å². The van der Waals surface area contributed by atoms with Gasteiger partial charge in [0, 0.05) is 33.9 Å². The maximum atomic E-state index is 3.77. The summed E-state index contributed by atoms with van der Waals surface area (Å²) in [6.07, 6.45) is 10.4. The monoisotopic (exact) mass is 716 g/mol. The van der Waals surface area contributed by atoms with E-state index in [4.69, 9.17) is 0 Å². The highest BCUT2D eigenvalue weighted by Crippen LogP contribution is 2.33. The van der Waals surface area contributed by atoms with Crippen LogP contribution in [0.5, 0.6) is 0 Å². The number of pyridine rings is 2. The average molecular weight is 717 g/mol. The number of aromatic amines is 2. The van der Waals surface area contributed by atoms with Crippen molar-refractivity contribution in [3.8, 4) is 0 Å². The normalized spacial score (nSPS) is 21.0. The van der Waals surface area contributed by atoms with Gasteiger partial charge in [0.2, 0.25) is 11.0 Å². The van der Waals surface area contributed by atoms with Crippen LogP contribution >= 0.6 is 0 Å². The lowest BCUT2D eigenvalue weighted by molar-refractivity contribution is -0.926. The highest BCUT2D eigenvalue weighted by molar-refractivity contribution is 6.16. The smallest absolute Gasteiger partial charge is 0.214 e. The molecule has 2 aliphatic heterocycles. The van der Waals surface area contributed by atoms with E-state index >= 15 is 0 Å². The molecular formula is C48H56N6+4. The average Bonchev–Trinajstić information content (AvgIpc) is 3.73. The first-order valence-corrected chi connectivity index (χ1v) is 20.7. The third-order valence-corrected chi connectivity index (χ3v) is 14.0. The Bertz CT molecular complexity index is 2510. The Hall–Kier alpha value is -4.78. The van der Waals surface area contributed by atoms with E-state index in [1.165, 1.54) is 153 Å². The van der Waals surface area contributed by atoms with Crippen molar-refractivity contribution >= 4 is 65.4 Å². The number of hydrogen-bond acceptors (Lipinski definition) is 0. The number of benzene rings is 4. The molecule has 6 heteroatoms. The number of hydrogen-bond donors (Lipinski definition) is 4. The molecule has 54 heavy (non-hydrogen) atoms. The summed E-state index contributed by atoms with van der Waals surface area (Å²) in [4.78, 5) is 11.1. The van der Waals surface area contributed by atoms with E-state index in [0.29, 0.717) is 0 Å². The van der Waals surface area contributed by atoms with Crippen LogP contribution in [-0.4, -0.2) is 49.2 Å². The summed E-state index contributed by atoms with van der Waals surface area (Å²) in [5.41, 5.74) is 13.1. The highest BCUT2D eigenvalue weighted by Gasteiger charge is 2.33. The molecule has 8 aromatic rings.